The summed E-state index contributed by atoms with van der Waals surface area (Å²) in [5.41, 5.74) is 0.995. The van der Waals surface area contributed by atoms with E-state index < -0.39 is 0 Å². The van der Waals surface area contributed by atoms with E-state index in [4.69, 9.17) is 4.74 Å². The van der Waals surface area contributed by atoms with Crippen molar-refractivity contribution in [3.63, 3.8) is 0 Å². The van der Waals surface area contributed by atoms with Crippen molar-refractivity contribution in [2.45, 2.75) is 63.3 Å². The molecule has 4 fully saturated rings. The lowest BCUT2D eigenvalue weighted by atomic mass is 10.0. The number of hydrogen-bond donors (Lipinski definition) is 0. The van der Waals surface area contributed by atoms with Gasteiger partial charge in [0.2, 0.25) is 11.8 Å². The van der Waals surface area contributed by atoms with Crippen LogP contribution in [0.15, 0.2) is 24.3 Å². The van der Waals surface area contributed by atoms with Crippen LogP contribution < -0.4 is 4.74 Å². The quantitative estimate of drug-likeness (QED) is 0.604. The van der Waals surface area contributed by atoms with Crippen LogP contribution in [0.2, 0.25) is 0 Å². The van der Waals surface area contributed by atoms with Crippen LogP contribution in [0.4, 0.5) is 0 Å². The lowest BCUT2D eigenvalue weighted by Crippen LogP contribution is -2.53. The molecule has 168 valence electrons. The van der Waals surface area contributed by atoms with Gasteiger partial charge < -0.3 is 14.5 Å². The van der Waals surface area contributed by atoms with Crippen molar-refractivity contribution in [1.82, 2.24) is 14.7 Å². The van der Waals surface area contributed by atoms with Crippen molar-refractivity contribution in [1.29, 1.82) is 5.26 Å². The SMILES string of the molecule is C[C@H](c1ccc(OC=O)cc1)N1C(=O)[C@H]2C[C@@H]1CN2C[C@H](C)C(=O)N1C2C[C@H]2C[C@H]1C#N. The molecule has 1 saturated carbocycles. The third kappa shape index (κ3) is 3.36. The number of piperidine rings is 1. The summed E-state index contributed by atoms with van der Waals surface area (Å²) in [6.45, 7) is 5.66. The highest BCUT2D eigenvalue weighted by atomic mass is 16.5. The average Bonchev–Trinajstić information content (AvgIpc) is 3.12. The number of carbonyl (C=O) groups excluding carboxylic acids is 3. The molecular weight excluding hydrogens is 408 g/mol. The molecule has 3 aliphatic heterocycles. The first-order valence-corrected chi connectivity index (χ1v) is 11.4. The first kappa shape index (κ1) is 21.0. The fourth-order valence-electron chi connectivity index (χ4n) is 6.01. The highest BCUT2D eigenvalue weighted by Crippen LogP contribution is 2.48. The van der Waals surface area contributed by atoms with Crippen LogP contribution in [0.3, 0.4) is 0 Å². The molecule has 1 aliphatic carbocycles. The van der Waals surface area contributed by atoms with Crippen LogP contribution in [-0.2, 0) is 14.4 Å². The van der Waals surface area contributed by atoms with E-state index >= 15 is 0 Å². The molecular formula is C24H28N4O4. The molecule has 0 aromatic heterocycles. The fraction of sp³-hybridized carbons (Fsp3) is 0.583. The Morgan fingerprint density at radius 2 is 2.00 bits per heavy atom. The fourth-order valence-corrected chi connectivity index (χ4v) is 6.01. The Hall–Kier alpha value is -2.92. The highest BCUT2D eigenvalue weighted by molar-refractivity contribution is 5.86. The Kier molecular flexibility index (Phi) is 5.17. The summed E-state index contributed by atoms with van der Waals surface area (Å²) < 4.78 is 4.85. The molecule has 2 bridgehead atoms. The van der Waals surface area contributed by atoms with Gasteiger partial charge in [0.15, 0.2) is 0 Å². The minimum atomic E-state index is -0.287. The largest absolute Gasteiger partial charge is 0.429 e. The number of fused-ring (bicyclic) bond motifs is 3. The van der Waals surface area contributed by atoms with Gasteiger partial charge in [-0.1, -0.05) is 19.1 Å². The van der Waals surface area contributed by atoms with Gasteiger partial charge >= 0.3 is 0 Å². The molecule has 0 spiro atoms. The topological polar surface area (TPSA) is 93.9 Å². The van der Waals surface area contributed by atoms with Crippen molar-refractivity contribution in [3.05, 3.63) is 29.8 Å². The summed E-state index contributed by atoms with van der Waals surface area (Å²) in [5, 5.41) is 9.40. The molecule has 1 aromatic rings. The Labute approximate surface area is 187 Å². The summed E-state index contributed by atoms with van der Waals surface area (Å²) in [6, 6.07) is 9.36. The summed E-state index contributed by atoms with van der Waals surface area (Å²) in [7, 11) is 0. The summed E-state index contributed by atoms with van der Waals surface area (Å²) in [4.78, 5) is 42.7. The molecule has 3 heterocycles. The number of carbonyl (C=O) groups is 3. The smallest absolute Gasteiger partial charge is 0.298 e. The van der Waals surface area contributed by atoms with Gasteiger partial charge in [-0.15, -0.1) is 0 Å². The maximum Gasteiger partial charge on any atom is 0.298 e. The molecule has 0 radical (unpaired) electrons. The van der Waals surface area contributed by atoms with Crippen LogP contribution >= 0.6 is 0 Å². The van der Waals surface area contributed by atoms with E-state index in [9.17, 15) is 19.6 Å². The maximum atomic E-state index is 13.2. The van der Waals surface area contributed by atoms with Gasteiger partial charge in [-0.05, 0) is 49.8 Å². The predicted molar refractivity (Wildman–Crippen MR) is 114 cm³/mol. The number of nitrogens with zero attached hydrogens (tertiary/aromatic N) is 4. The first-order chi connectivity index (χ1) is 15.4. The third-order valence-electron chi connectivity index (χ3n) is 7.72. The highest BCUT2D eigenvalue weighted by Gasteiger charge is 2.55. The normalized spacial score (nSPS) is 32.4. The molecule has 3 saturated heterocycles. The Balaban J connectivity index is 1.21. The van der Waals surface area contributed by atoms with E-state index in [1.165, 1.54) is 0 Å². The molecule has 5 rings (SSSR count). The van der Waals surface area contributed by atoms with Crippen LogP contribution in [-0.4, -0.2) is 70.2 Å². The number of amides is 2. The van der Waals surface area contributed by atoms with E-state index in [0.717, 1.165) is 31.4 Å². The van der Waals surface area contributed by atoms with Gasteiger partial charge in [-0.2, -0.15) is 5.26 Å². The number of hydrogen-bond acceptors (Lipinski definition) is 6. The standard InChI is InChI=1S/C24H28N4O4/c1-14(23(30)28-18(10-25)7-17-8-21(17)28)11-26-12-19-9-22(26)24(31)27(19)15(2)16-3-5-20(6-4-16)32-13-29/h3-6,13-15,17-19,21-22H,7-9,11-12H2,1-2H3/t14-,15+,17+,18-,19+,21?,22+/m0/s1. The number of piperazine rings is 1. The van der Waals surface area contributed by atoms with Gasteiger partial charge in [-0.25, -0.2) is 0 Å². The zero-order valence-corrected chi connectivity index (χ0v) is 18.4. The second-order valence-electron chi connectivity index (χ2n) is 9.65. The minimum absolute atomic E-state index is 0.0552. The zero-order chi connectivity index (χ0) is 22.6. The summed E-state index contributed by atoms with van der Waals surface area (Å²) in [5.74, 6) is 0.923. The molecule has 1 unspecified atom stereocenters. The third-order valence-corrected chi connectivity index (χ3v) is 7.72. The van der Waals surface area contributed by atoms with Crippen molar-refractivity contribution in [2.24, 2.45) is 11.8 Å². The van der Waals surface area contributed by atoms with Gasteiger partial charge in [0.1, 0.15) is 11.8 Å². The molecule has 32 heavy (non-hydrogen) atoms. The van der Waals surface area contributed by atoms with Crippen LogP contribution in [0.1, 0.15) is 44.7 Å². The van der Waals surface area contributed by atoms with Crippen molar-refractivity contribution in [2.75, 3.05) is 13.1 Å². The molecule has 0 N–H and O–H groups in total. The molecule has 8 heteroatoms. The first-order valence-electron chi connectivity index (χ1n) is 11.4. The van der Waals surface area contributed by atoms with E-state index in [1.807, 2.05) is 35.8 Å². The van der Waals surface area contributed by atoms with Gasteiger partial charge in [-0.3, -0.25) is 19.3 Å². The number of nitriles is 1. The second kappa shape index (κ2) is 7.89. The minimum Gasteiger partial charge on any atom is -0.429 e. The van der Waals surface area contributed by atoms with E-state index in [0.29, 0.717) is 24.7 Å². The molecule has 1 aromatic carbocycles. The van der Waals surface area contributed by atoms with Gasteiger partial charge in [0, 0.05) is 31.1 Å². The number of likely N-dealkylation sites (tertiary alicyclic amines) is 3. The van der Waals surface area contributed by atoms with Crippen LogP contribution in [0.5, 0.6) is 5.75 Å². The zero-order valence-electron chi connectivity index (χ0n) is 18.4. The van der Waals surface area contributed by atoms with E-state index in [1.54, 1.807) is 12.1 Å². The lowest BCUT2D eigenvalue weighted by molar-refractivity contribution is -0.142. The lowest BCUT2D eigenvalue weighted by Gasteiger charge is -2.38. The molecule has 2 amide bonds. The Morgan fingerprint density at radius 1 is 1.25 bits per heavy atom. The number of rotatable bonds is 7. The molecule has 7 atom stereocenters. The Bertz CT molecular complexity index is 973. The average molecular weight is 437 g/mol. The van der Waals surface area contributed by atoms with Crippen LogP contribution in [0.25, 0.3) is 0 Å². The predicted octanol–water partition coefficient (Wildman–Crippen LogP) is 1.72. The van der Waals surface area contributed by atoms with Crippen molar-refractivity contribution in [3.8, 4) is 11.8 Å². The molecule has 4 aliphatic rings. The molecule has 8 nitrogen and oxygen atoms in total. The van der Waals surface area contributed by atoms with E-state index in [-0.39, 0.29) is 47.9 Å². The van der Waals surface area contributed by atoms with E-state index in [2.05, 4.69) is 11.0 Å². The second-order valence-corrected chi connectivity index (χ2v) is 9.65. The summed E-state index contributed by atoms with van der Waals surface area (Å²) in [6.07, 6.45) is 2.62. The summed E-state index contributed by atoms with van der Waals surface area (Å²) >= 11 is 0. The van der Waals surface area contributed by atoms with Crippen molar-refractivity contribution < 1.29 is 19.1 Å². The monoisotopic (exact) mass is 436 g/mol. The van der Waals surface area contributed by atoms with Gasteiger partial charge in [0.05, 0.1) is 18.2 Å². The number of ether oxygens (including phenoxy) is 1. The number of benzene rings is 1. The Morgan fingerprint density at radius 3 is 2.66 bits per heavy atom. The van der Waals surface area contributed by atoms with Gasteiger partial charge in [0.25, 0.3) is 6.47 Å². The van der Waals surface area contributed by atoms with Crippen LogP contribution in [0, 0.1) is 23.2 Å². The van der Waals surface area contributed by atoms with Crippen molar-refractivity contribution >= 4 is 18.3 Å². The maximum absolute atomic E-state index is 13.2.